The Bertz CT molecular complexity index is 555. The van der Waals surface area contributed by atoms with E-state index < -0.39 is 17.6 Å². The molecule has 2 fully saturated rings. The van der Waals surface area contributed by atoms with Gasteiger partial charge in [-0.05, 0) is 44.2 Å². The summed E-state index contributed by atoms with van der Waals surface area (Å²) in [4.78, 5) is 38.9. The predicted molar refractivity (Wildman–Crippen MR) is 106 cm³/mol. The largest absolute Gasteiger partial charge is 0.391 e. The van der Waals surface area contributed by atoms with E-state index in [2.05, 4.69) is 16.0 Å². The van der Waals surface area contributed by atoms with Gasteiger partial charge in [0.1, 0.15) is 6.04 Å². The Balaban J connectivity index is 1.75. The lowest BCUT2D eigenvalue weighted by atomic mass is 9.85. The van der Waals surface area contributed by atoms with Crippen LogP contribution in [0.15, 0.2) is 0 Å². The highest BCUT2D eigenvalue weighted by Crippen LogP contribution is 2.23. The molecule has 160 valence electrons. The zero-order valence-electron chi connectivity index (χ0n) is 17.4. The third-order valence-corrected chi connectivity index (χ3v) is 5.48. The first-order valence-electron chi connectivity index (χ1n) is 10.4. The predicted octanol–water partition coefficient (Wildman–Crippen LogP) is 0.00650. The second-order valence-electron chi connectivity index (χ2n) is 9.01. The highest BCUT2D eigenvalue weighted by Gasteiger charge is 2.37. The standard InChI is InChI=1S/C20H36N4O4/c1-20(2,3)17(19(28)24-12-8-15(25)13-24)23-16(26)5-4-9-22-18(27)14-6-10-21-11-7-14/h14-15,17,21,25H,4-13H2,1-3H3,(H,22,27)(H,23,26). The first-order valence-corrected chi connectivity index (χ1v) is 10.4. The van der Waals surface area contributed by atoms with Gasteiger partial charge in [-0.15, -0.1) is 0 Å². The smallest absolute Gasteiger partial charge is 0.245 e. The van der Waals surface area contributed by atoms with Crippen molar-refractivity contribution < 1.29 is 19.5 Å². The SMILES string of the molecule is CC(C)(C)C(NC(=O)CCCNC(=O)C1CCNCC1)C(=O)N1CCC(O)C1. The molecule has 0 radical (unpaired) electrons. The first-order chi connectivity index (χ1) is 13.2. The molecule has 0 aliphatic carbocycles. The summed E-state index contributed by atoms with van der Waals surface area (Å²) in [6.45, 7) is 8.80. The normalized spacial score (nSPS) is 22.0. The van der Waals surface area contributed by atoms with E-state index in [4.69, 9.17) is 0 Å². The molecule has 0 aromatic rings. The van der Waals surface area contributed by atoms with Gasteiger partial charge in [-0.3, -0.25) is 14.4 Å². The van der Waals surface area contributed by atoms with Gasteiger partial charge in [-0.2, -0.15) is 0 Å². The van der Waals surface area contributed by atoms with E-state index in [0.29, 0.717) is 32.5 Å². The molecule has 8 nitrogen and oxygen atoms in total. The van der Waals surface area contributed by atoms with E-state index in [1.807, 2.05) is 20.8 Å². The number of nitrogens with one attached hydrogen (secondary N) is 3. The molecule has 8 heteroatoms. The van der Waals surface area contributed by atoms with Gasteiger partial charge in [-0.25, -0.2) is 0 Å². The summed E-state index contributed by atoms with van der Waals surface area (Å²) in [5.41, 5.74) is -0.427. The average Bonchev–Trinajstić information content (AvgIpc) is 3.09. The number of piperidine rings is 1. The molecule has 0 saturated carbocycles. The maximum Gasteiger partial charge on any atom is 0.245 e. The topological polar surface area (TPSA) is 111 Å². The number of β-amino-alcohol motifs (C(OH)–C–C–N with tert-alkyl or cyclic N) is 1. The van der Waals surface area contributed by atoms with Crippen molar-refractivity contribution in [2.75, 3.05) is 32.7 Å². The molecule has 4 N–H and O–H groups in total. The minimum atomic E-state index is -0.630. The molecule has 0 aromatic heterocycles. The van der Waals surface area contributed by atoms with Crippen molar-refractivity contribution in [3.05, 3.63) is 0 Å². The van der Waals surface area contributed by atoms with Crippen LogP contribution in [-0.4, -0.2) is 72.6 Å². The van der Waals surface area contributed by atoms with E-state index >= 15 is 0 Å². The van der Waals surface area contributed by atoms with Gasteiger partial charge < -0.3 is 26.0 Å². The van der Waals surface area contributed by atoms with E-state index in [9.17, 15) is 19.5 Å². The van der Waals surface area contributed by atoms with Gasteiger partial charge in [0.05, 0.1) is 6.10 Å². The third-order valence-electron chi connectivity index (χ3n) is 5.48. The summed E-state index contributed by atoms with van der Waals surface area (Å²) in [6.07, 6.45) is 2.60. The molecular formula is C20H36N4O4. The lowest BCUT2D eigenvalue weighted by Gasteiger charge is -2.33. The van der Waals surface area contributed by atoms with Crippen LogP contribution < -0.4 is 16.0 Å². The molecule has 3 amide bonds. The summed E-state index contributed by atoms with van der Waals surface area (Å²) >= 11 is 0. The fourth-order valence-corrected chi connectivity index (χ4v) is 3.70. The molecule has 2 atom stereocenters. The van der Waals surface area contributed by atoms with Crippen LogP contribution in [0.2, 0.25) is 0 Å². The number of hydrogen-bond donors (Lipinski definition) is 4. The summed E-state index contributed by atoms with van der Waals surface area (Å²) < 4.78 is 0. The van der Waals surface area contributed by atoms with Gasteiger partial charge in [0.25, 0.3) is 0 Å². The lowest BCUT2D eigenvalue weighted by Crippen LogP contribution is -2.54. The second-order valence-corrected chi connectivity index (χ2v) is 9.01. The number of aliphatic hydroxyl groups excluding tert-OH is 1. The van der Waals surface area contributed by atoms with Gasteiger partial charge >= 0.3 is 0 Å². The Kier molecular flexibility index (Phi) is 8.24. The monoisotopic (exact) mass is 396 g/mol. The number of likely N-dealkylation sites (tertiary alicyclic amines) is 1. The van der Waals surface area contributed by atoms with E-state index in [0.717, 1.165) is 25.9 Å². The van der Waals surface area contributed by atoms with Crippen molar-refractivity contribution in [3.63, 3.8) is 0 Å². The van der Waals surface area contributed by atoms with Crippen LogP contribution in [-0.2, 0) is 14.4 Å². The Labute approximate surface area is 167 Å². The Morgan fingerprint density at radius 2 is 1.86 bits per heavy atom. The number of carbonyl (C=O) groups excluding carboxylic acids is 3. The highest BCUT2D eigenvalue weighted by molar-refractivity contribution is 5.88. The van der Waals surface area contributed by atoms with Crippen LogP contribution in [0, 0.1) is 11.3 Å². The van der Waals surface area contributed by atoms with Gasteiger partial charge in [0.15, 0.2) is 0 Å². The van der Waals surface area contributed by atoms with Crippen molar-refractivity contribution >= 4 is 17.7 Å². The van der Waals surface area contributed by atoms with Crippen LogP contribution in [0.1, 0.15) is 52.9 Å². The second kappa shape index (κ2) is 10.2. The Morgan fingerprint density at radius 1 is 1.18 bits per heavy atom. The van der Waals surface area contributed by atoms with Crippen molar-refractivity contribution in [1.82, 2.24) is 20.9 Å². The summed E-state index contributed by atoms with van der Waals surface area (Å²) in [5.74, 6) is -0.202. The maximum atomic E-state index is 12.8. The van der Waals surface area contributed by atoms with Crippen molar-refractivity contribution in [3.8, 4) is 0 Å². The van der Waals surface area contributed by atoms with Crippen LogP contribution in [0.4, 0.5) is 0 Å². The number of amides is 3. The zero-order chi connectivity index (χ0) is 20.7. The van der Waals surface area contributed by atoms with Crippen molar-refractivity contribution in [2.45, 2.75) is 65.0 Å². The van der Waals surface area contributed by atoms with Crippen LogP contribution >= 0.6 is 0 Å². The van der Waals surface area contributed by atoms with Crippen molar-refractivity contribution in [2.24, 2.45) is 11.3 Å². The highest BCUT2D eigenvalue weighted by atomic mass is 16.3. The lowest BCUT2D eigenvalue weighted by molar-refractivity contribution is -0.138. The van der Waals surface area contributed by atoms with Gasteiger partial charge in [-0.1, -0.05) is 20.8 Å². The van der Waals surface area contributed by atoms with Crippen LogP contribution in [0.3, 0.4) is 0 Å². The van der Waals surface area contributed by atoms with Crippen molar-refractivity contribution in [1.29, 1.82) is 0 Å². The first kappa shape index (κ1) is 22.6. The third kappa shape index (κ3) is 6.74. The molecule has 2 rings (SSSR count). The maximum absolute atomic E-state index is 12.8. The molecule has 0 bridgehead atoms. The average molecular weight is 397 g/mol. The molecule has 28 heavy (non-hydrogen) atoms. The molecular weight excluding hydrogens is 360 g/mol. The Morgan fingerprint density at radius 3 is 2.43 bits per heavy atom. The fourth-order valence-electron chi connectivity index (χ4n) is 3.70. The van der Waals surface area contributed by atoms with E-state index in [1.165, 1.54) is 0 Å². The molecule has 2 saturated heterocycles. The van der Waals surface area contributed by atoms with Gasteiger partial charge in [0.2, 0.25) is 17.7 Å². The van der Waals surface area contributed by atoms with Crippen LogP contribution in [0.25, 0.3) is 0 Å². The Hall–Kier alpha value is -1.67. The number of aliphatic hydroxyl groups is 1. The van der Waals surface area contributed by atoms with Gasteiger partial charge in [0, 0.05) is 32.0 Å². The number of nitrogens with zero attached hydrogens (tertiary/aromatic N) is 1. The molecule has 0 aromatic carbocycles. The summed E-state index contributed by atoms with van der Waals surface area (Å²) in [5, 5.41) is 18.7. The number of carbonyl (C=O) groups is 3. The number of rotatable bonds is 7. The molecule has 2 unspecified atom stereocenters. The summed E-state index contributed by atoms with van der Waals surface area (Å²) in [6, 6.07) is -0.630. The zero-order valence-corrected chi connectivity index (χ0v) is 17.4. The molecule has 2 aliphatic rings. The minimum absolute atomic E-state index is 0.0637. The molecule has 2 aliphatic heterocycles. The van der Waals surface area contributed by atoms with E-state index in [-0.39, 0.29) is 30.1 Å². The number of hydrogen-bond acceptors (Lipinski definition) is 5. The molecule has 0 spiro atoms. The van der Waals surface area contributed by atoms with Crippen LogP contribution in [0.5, 0.6) is 0 Å². The minimum Gasteiger partial charge on any atom is -0.391 e. The fraction of sp³-hybridized carbons (Fsp3) is 0.850. The quantitative estimate of drug-likeness (QED) is 0.453. The van der Waals surface area contributed by atoms with E-state index in [1.54, 1.807) is 4.90 Å². The molecule has 2 heterocycles. The summed E-state index contributed by atoms with van der Waals surface area (Å²) in [7, 11) is 0.